The Morgan fingerprint density at radius 1 is 1.23 bits per heavy atom. The van der Waals surface area contributed by atoms with Gasteiger partial charge in [-0.15, -0.1) is 5.10 Å². The molecule has 35 heavy (non-hydrogen) atoms. The molecule has 0 bridgehead atoms. The van der Waals surface area contributed by atoms with Crippen LogP contribution in [0.15, 0.2) is 30.9 Å². The van der Waals surface area contributed by atoms with Crippen LogP contribution in [-0.4, -0.2) is 51.6 Å². The maximum Gasteiger partial charge on any atom is 0.264 e. The fraction of sp³-hybridized carbons (Fsp3) is 0.600. The molecule has 0 saturated heterocycles. The summed E-state index contributed by atoms with van der Waals surface area (Å²) in [5, 5.41) is 14.2. The quantitative estimate of drug-likeness (QED) is 0.379. The van der Waals surface area contributed by atoms with E-state index in [0.717, 1.165) is 41.3 Å². The van der Waals surface area contributed by atoms with Gasteiger partial charge in [0.05, 0.1) is 31.3 Å². The summed E-state index contributed by atoms with van der Waals surface area (Å²) in [6.45, 7) is 6.51. The molecule has 0 unspecified atom stereocenters. The van der Waals surface area contributed by atoms with E-state index >= 15 is 0 Å². The molecular formula is C25H35N5O4S. The summed E-state index contributed by atoms with van der Waals surface area (Å²) in [7, 11) is -3.47. The topological polar surface area (TPSA) is 109 Å². The van der Waals surface area contributed by atoms with Crippen molar-refractivity contribution in [3.63, 3.8) is 0 Å². The Balaban J connectivity index is 1.56. The van der Waals surface area contributed by atoms with Crippen molar-refractivity contribution >= 4 is 26.9 Å². The second-order valence-corrected chi connectivity index (χ2v) is 12.2. The standard InChI is InChI=1S/C25H35N5O4S/c1-25(2,3)23(31)10-13-29-12-9-20-21(16-26-28-24(20)29)19-15-27-30(17-19)22(18-7-5-6-8-18)11-14-34-35(4,32)33/h9,12,15-18,22H,5-8,10-11,13-14H2,1-4H3/t22-/m1/s1. The molecule has 3 aromatic rings. The predicted octanol–water partition coefficient (Wildman–Crippen LogP) is 4.40. The van der Waals surface area contributed by atoms with Gasteiger partial charge in [-0.1, -0.05) is 33.6 Å². The number of carbonyl (C=O) groups is 1. The van der Waals surface area contributed by atoms with Gasteiger partial charge in [0, 0.05) is 47.3 Å². The van der Waals surface area contributed by atoms with E-state index in [9.17, 15) is 13.2 Å². The maximum atomic E-state index is 12.4. The molecule has 0 aliphatic heterocycles. The molecule has 4 rings (SSSR count). The van der Waals surface area contributed by atoms with Gasteiger partial charge < -0.3 is 4.57 Å². The number of Topliss-reactive ketones (excluding diaryl/α,β-unsaturated/α-hetero) is 1. The van der Waals surface area contributed by atoms with Gasteiger partial charge in [-0.05, 0) is 31.2 Å². The Bertz CT molecular complexity index is 1280. The lowest BCUT2D eigenvalue weighted by Gasteiger charge is -2.23. The van der Waals surface area contributed by atoms with Gasteiger partial charge in [-0.3, -0.25) is 13.7 Å². The number of aryl methyl sites for hydroxylation is 1. The number of fused-ring (bicyclic) bond motifs is 1. The van der Waals surface area contributed by atoms with Gasteiger partial charge in [0.15, 0.2) is 5.65 Å². The fourth-order valence-corrected chi connectivity index (χ4v) is 5.31. The zero-order valence-corrected chi connectivity index (χ0v) is 21.8. The van der Waals surface area contributed by atoms with E-state index in [1.54, 1.807) is 6.20 Å². The van der Waals surface area contributed by atoms with Crippen LogP contribution in [-0.2, 0) is 25.6 Å². The van der Waals surface area contributed by atoms with Crippen molar-refractivity contribution in [2.75, 3.05) is 12.9 Å². The zero-order chi connectivity index (χ0) is 25.2. The summed E-state index contributed by atoms with van der Waals surface area (Å²) >= 11 is 0. The number of hydrogen-bond donors (Lipinski definition) is 0. The average molecular weight is 502 g/mol. The minimum absolute atomic E-state index is 0.0753. The number of rotatable bonds is 10. The van der Waals surface area contributed by atoms with E-state index in [2.05, 4.69) is 15.3 Å². The largest absolute Gasteiger partial charge is 0.331 e. The molecule has 0 spiro atoms. The first-order valence-electron chi connectivity index (χ1n) is 12.3. The second-order valence-electron chi connectivity index (χ2n) is 10.6. The lowest BCUT2D eigenvalue weighted by atomic mass is 9.89. The van der Waals surface area contributed by atoms with Crippen LogP contribution in [0.25, 0.3) is 22.2 Å². The SMILES string of the molecule is CC(C)(C)C(=O)CCn1ccc2c(-c3cnn([C@H](CCOS(C)(=O)=O)C4CCCC4)c3)cnnc21. The third kappa shape index (κ3) is 6.16. The van der Waals surface area contributed by atoms with E-state index in [0.29, 0.717) is 25.3 Å². The second kappa shape index (κ2) is 10.2. The van der Waals surface area contributed by atoms with Crippen molar-refractivity contribution < 1.29 is 17.4 Å². The highest BCUT2D eigenvalue weighted by Crippen LogP contribution is 2.37. The Hall–Kier alpha value is -2.59. The molecule has 1 fully saturated rings. The summed E-state index contributed by atoms with van der Waals surface area (Å²) in [5.41, 5.74) is 2.24. The Kier molecular flexibility index (Phi) is 7.42. The first-order chi connectivity index (χ1) is 16.5. The molecule has 1 aliphatic carbocycles. The van der Waals surface area contributed by atoms with Gasteiger partial charge in [0.1, 0.15) is 5.78 Å². The van der Waals surface area contributed by atoms with Crippen molar-refractivity contribution in [1.29, 1.82) is 0 Å². The number of carbonyl (C=O) groups excluding carboxylic acids is 1. The Morgan fingerprint density at radius 3 is 2.66 bits per heavy atom. The number of hydrogen-bond acceptors (Lipinski definition) is 7. The predicted molar refractivity (Wildman–Crippen MR) is 134 cm³/mol. The summed E-state index contributed by atoms with van der Waals surface area (Å²) in [6, 6.07) is 2.08. The number of aromatic nitrogens is 5. The van der Waals surface area contributed by atoms with E-state index in [4.69, 9.17) is 4.18 Å². The van der Waals surface area contributed by atoms with Gasteiger partial charge in [0.25, 0.3) is 10.1 Å². The minimum atomic E-state index is -3.47. The average Bonchev–Trinajstić information content (AvgIpc) is 3.54. The van der Waals surface area contributed by atoms with Crippen LogP contribution in [0.3, 0.4) is 0 Å². The minimum Gasteiger partial charge on any atom is -0.331 e. The molecule has 0 N–H and O–H groups in total. The first kappa shape index (κ1) is 25.5. The molecule has 3 aromatic heterocycles. The molecule has 9 nitrogen and oxygen atoms in total. The van der Waals surface area contributed by atoms with Crippen LogP contribution in [0.5, 0.6) is 0 Å². The molecule has 1 atom stereocenters. The lowest BCUT2D eigenvalue weighted by Crippen LogP contribution is -2.21. The first-order valence-corrected chi connectivity index (χ1v) is 14.1. The van der Waals surface area contributed by atoms with E-state index in [1.165, 1.54) is 12.8 Å². The maximum absolute atomic E-state index is 12.4. The van der Waals surface area contributed by atoms with Crippen LogP contribution < -0.4 is 0 Å². The van der Waals surface area contributed by atoms with Crippen molar-refractivity contribution in [3.05, 3.63) is 30.9 Å². The van der Waals surface area contributed by atoms with Crippen molar-refractivity contribution in [2.24, 2.45) is 11.3 Å². The van der Waals surface area contributed by atoms with Crippen molar-refractivity contribution in [1.82, 2.24) is 24.5 Å². The molecule has 0 radical (unpaired) electrons. The van der Waals surface area contributed by atoms with Crippen molar-refractivity contribution in [3.8, 4) is 11.1 Å². The molecule has 1 aliphatic rings. The molecule has 1 saturated carbocycles. The van der Waals surface area contributed by atoms with Crippen LogP contribution in [0, 0.1) is 11.3 Å². The van der Waals surface area contributed by atoms with E-state index in [1.807, 2.05) is 54.7 Å². The Labute approximate surface area is 207 Å². The van der Waals surface area contributed by atoms with Crippen molar-refractivity contribution in [2.45, 2.75) is 71.9 Å². The normalized spacial score (nSPS) is 16.2. The molecule has 3 heterocycles. The highest BCUT2D eigenvalue weighted by Gasteiger charge is 2.28. The number of nitrogens with zero attached hydrogens (tertiary/aromatic N) is 5. The van der Waals surface area contributed by atoms with Gasteiger partial charge in [-0.25, -0.2) is 0 Å². The summed E-state index contributed by atoms with van der Waals surface area (Å²) in [5.74, 6) is 0.658. The smallest absolute Gasteiger partial charge is 0.264 e. The third-order valence-corrected chi connectivity index (χ3v) is 7.48. The summed E-state index contributed by atoms with van der Waals surface area (Å²) < 4.78 is 31.9. The molecule has 190 valence electrons. The van der Waals surface area contributed by atoms with Crippen LogP contribution in [0.2, 0.25) is 0 Å². The fourth-order valence-electron chi connectivity index (χ4n) is 4.91. The summed E-state index contributed by atoms with van der Waals surface area (Å²) in [4.78, 5) is 12.4. The van der Waals surface area contributed by atoms with Crippen LogP contribution in [0.1, 0.15) is 65.3 Å². The van der Waals surface area contributed by atoms with E-state index < -0.39 is 10.1 Å². The molecular weight excluding hydrogens is 466 g/mol. The highest BCUT2D eigenvalue weighted by atomic mass is 32.2. The van der Waals surface area contributed by atoms with Gasteiger partial charge in [0.2, 0.25) is 0 Å². The van der Waals surface area contributed by atoms with Gasteiger partial charge in [-0.2, -0.15) is 18.6 Å². The van der Waals surface area contributed by atoms with E-state index in [-0.39, 0.29) is 23.8 Å². The molecule has 10 heteroatoms. The van der Waals surface area contributed by atoms with Crippen LogP contribution in [0.4, 0.5) is 0 Å². The van der Waals surface area contributed by atoms with Crippen LogP contribution >= 0.6 is 0 Å². The monoisotopic (exact) mass is 501 g/mol. The Morgan fingerprint density at radius 2 is 1.97 bits per heavy atom. The molecule has 0 aromatic carbocycles. The lowest BCUT2D eigenvalue weighted by molar-refractivity contribution is -0.126. The number of ketones is 1. The summed E-state index contributed by atoms with van der Waals surface area (Å²) in [6.07, 6.45) is 14.2. The highest BCUT2D eigenvalue weighted by molar-refractivity contribution is 7.85. The third-order valence-electron chi connectivity index (χ3n) is 6.89. The zero-order valence-electron chi connectivity index (χ0n) is 21.0. The molecule has 0 amide bonds. The van der Waals surface area contributed by atoms with Gasteiger partial charge >= 0.3 is 0 Å².